The number of anilines is 1. The van der Waals surface area contributed by atoms with Crippen molar-refractivity contribution in [3.8, 4) is 22.8 Å². The second-order valence-electron chi connectivity index (χ2n) is 8.07. The number of aromatic amines is 1. The van der Waals surface area contributed by atoms with E-state index < -0.39 is 41.1 Å². The van der Waals surface area contributed by atoms with Gasteiger partial charge in [0.05, 0.1) is 22.4 Å². The van der Waals surface area contributed by atoms with E-state index in [0.717, 1.165) is 22.9 Å². The van der Waals surface area contributed by atoms with Crippen LogP contribution >= 0.6 is 11.6 Å². The summed E-state index contributed by atoms with van der Waals surface area (Å²) in [6, 6.07) is 6.74. The average Bonchev–Trinajstić information content (AvgIpc) is 3.43. The Morgan fingerprint density at radius 1 is 1.16 bits per heavy atom. The lowest BCUT2D eigenvalue weighted by Gasteiger charge is -2.21. The number of fused-ring (bicyclic) bond motifs is 2. The fourth-order valence-corrected chi connectivity index (χ4v) is 4.29. The molecule has 2 aromatic carbocycles. The maximum atomic E-state index is 13.4. The van der Waals surface area contributed by atoms with Crippen molar-refractivity contribution >= 4 is 34.2 Å². The third kappa shape index (κ3) is 4.51. The number of alkyl halides is 5. The SMILES string of the molecule is CCN(C(=O)Cn1nc(-c2ccc(C(F)(F)F)c(Cl)c2)c2[nH]cnc2c1=O)c1ccc2c(c1)OC(F)(F)O2. The lowest BCUT2D eigenvalue weighted by molar-refractivity contribution is -0.286. The molecule has 0 fully saturated rings. The molecule has 0 aliphatic carbocycles. The quantitative estimate of drug-likeness (QED) is 0.354. The summed E-state index contributed by atoms with van der Waals surface area (Å²) in [5, 5.41) is 3.62. The number of rotatable bonds is 5. The average molecular weight is 556 g/mol. The molecule has 0 atom stereocenters. The first-order valence-corrected chi connectivity index (χ1v) is 11.3. The molecule has 1 amide bonds. The van der Waals surface area contributed by atoms with Gasteiger partial charge in [0.2, 0.25) is 5.91 Å². The van der Waals surface area contributed by atoms with E-state index in [1.807, 2.05) is 0 Å². The number of imidazole rings is 1. The number of aromatic nitrogens is 4. The normalized spacial score (nSPS) is 14.2. The molecule has 2 aromatic heterocycles. The van der Waals surface area contributed by atoms with Crippen molar-refractivity contribution in [2.75, 3.05) is 11.4 Å². The second-order valence-corrected chi connectivity index (χ2v) is 8.47. The number of likely N-dealkylation sites (N-methyl/N-ethyl adjacent to an activating group) is 1. The molecule has 38 heavy (non-hydrogen) atoms. The smallest absolute Gasteiger partial charge is 0.395 e. The Kier molecular flexibility index (Phi) is 6.01. The van der Waals surface area contributed by atoms with Gasteiger partial charge in [0.25, 0.3) is 5.56 Å². The molecule has 9 nitrogen and oxygen atoms in total. The highest BCUT2D eigenvalue weighted by Gasteiger charge is 2.43. The lowest BCUT2D eigenvalue weighted by Crippen LogP contribution is -2.37. The molecule has 4 aromatic rings. The van der Waals surface area contributed by atoms with E-state index in [1.165, 1.54) is 29.4 Å². The molecule has 15 heteroatoms. The number of carbonyl (C=O) groups is 1. The molecule has 198 valence electrons. The van der Waals surface area contributed by atoms with Crippen molar-refractivity contribution < 1.29 is 36.2 Å². The maximum absolute atomic E-state index is 13.4. The monoisotopic (exact) mass is 555 g/mol. The number of hydrogen-bond acceptors (Lipinski definition) is 6. The molecule has 0 saturated heterocycles. The molecule has 1 aliphatic rings. The number of benzene rings is 2. The van der Waals surface area contributed by atoms with Gasteiger partial charge >= 0.3 is 12.5 Å². The number of amides is 1. The van der Waals surface area contributed by atoms with Gasteiger partial charge in [0.15, 0.2) is 17.0 Å². The molecule has 0 spiro atoms. The Hall–Kier alpha value is -4.20. The second kappa shape index (κ2) is 8.97. The zero-order valence-electron chi connectivity index (χ0n) is 19.1. The number of carbonyl (C=O) groups excluding carboxylic acids is 1. The van der Waals surface area contributed by atoms with Crippen LogP contribution in [0.25, 0.3) is 22.3 Å². The molecule has 3 heterocycles. The predicted octanol–water partition coefficient (Wildman–Crippen LogP) is 4.83. The summed E-state index contributed by atoms with van der Waals surface area (Å²) in [6.45, 7) is 1.12. The number of halogens is 6. The molecule has 5 rings (SSSR count). The van der Waals surface area contributed by atoms with Crippen LogP contribution < -0.4 is 19.9 Å². The van der Waals surface area contributed by atoms with Crippen LogP contribution in [0.4, 0.5) is 27.6 Å². The highest BCUT2D eigenvalue weighted by molar-refractivity contribution is 6.31. The minimum atomic E-state index is -4.67. The van der Waals surface area contributed by atoms with Crippen molar-refractivity contribution in [3.05, 3.63) is 63.7 Å². The first-order valence-electron chi connectivity index (χ1n) is 10.9. The van der Waals surface area contributed by atoms with Crippen molar-refractivity contribution in [2.24, 2.45) is 0 Å². The lowest BCUT2D eigenvalue weighted by atomic mass is 10.1. The number of H-pyrrole nitrogens is 1. The summed E-state index contributed by atoms with van der Waals surface area (Å²) in [4.78, 5) is 34.1. The predicted molar refractivity (Wildman–Crippen MR) is 124 cm³/mol. The van der Waals surface area contributed by atoms with Crippen LogP contribution in [0.5, 0.6) is 11.5 Å². The largest absolute Gasteiger partial charge is 0.586 e. The standard InChI is InChI=1S/C23H15ClF5N5O4/c1-2-33(12-4-6-15-16(8-12)38-23(28,29)37-15)17(35)9-34-21(36)20-19(30-10-31-20)18(32-34)11-3-5-13(14(24)7-11)22(25,26)27/h3-8,10H,2,9H2,1H3,(H,30,31). The summed E-state index contributed by atoms with van der Waals surface area (Å²) < 4.78 is 75.8. The molecular formula is C23H15ClF5N5O4. The van der Waals surface area contributed by atoms with E-state index in [2.05, 4.69) is 24.5 Å². The van der Waals surface area contributed by atoms with Gasteiger partial charge in [-0.3, -0.25) is 9.59 Å². The molecule has 0 unspecified atom stereocenters. The van der Waals surface area contributed by atoms with Gasteiger partial charge in [-0.1, -0.05) is 17.7 Å². The fraction of sp³-hybridized carbons (Fsp3) is 0.217. The summed E-state index contributed by atoms with van der Waals surface area (Å²) in [7, 11) is 0. The fourth-order valence-electron chi connectivity index (χ4n) is 4.00. The van der Waals surface area contributed by atoms with Crippen molar-refractivity contribution in [3.63, 3.8) is 0 Å². The van der Waals surface area contributed by atoms with E-state index >= 15 is 0 Å². The molecule has 0 saturated carbocycles. The summed E-state index contributed by atoms with van der Waals surface area (Å²) in [5.41, 5.74) is -1.38. The molecule has 0 radical (unpaired) electrons. The van der Waals surface area contributed by atoms with Crippen LogP contribution in [0.1, 0.15) is 12.5 Å². The van der Waals surface area contributed by atoms with Gasteiger partial charge in [-0.25, -0.2) is 9.67 Å². The van der Waals surface area contributed by atoms with E-state index in [0.29, 0.717) is 0 Å². The van der Waals surface area contributed by atoms with Gasteiger partial charge in [-0.05, 0) is 31.2 Å². The van der Waals surface area contributed by atoms with Crippen molar-refractivity contribution in [2.45, 2.75) is 25.9 Å². The van der Waals surface area contributed by atoms with Gasteiger partial charge < -0.3 is 19.4 Å². The number of ether oxygens (including phenoxy) is 2. The maximum Gasteiger partial charge on any atom is 0.586 e. The van der Waals surface area contributed by atoms with Gasteiger partial charge in [-0.2, -0.15) is 18.3 Å². The summed E-state index contributed by atoms with van der Waals surface area (Å²) in [5.74, 6) is -1.11. The molecule has 0 bridgehead atoms. The van der Waals surface area contributed by atoms with Crippen LogP contribution in [0.15, 0.2) is 47.5 Å². The van der Waals surface area contributed by atoms with E-state index in [-0.39, 0.29) is 46.0 Å². The Bertz CT molecular complexity index is 1630. The van der Waals surface area contributed by atoms with Crippen LogP contribution in [-0.2, 0) is 17.5 Å². The van der Waals surface area contributed by atoms with Crippen LogP contribution in [-0.4, -0.2) is 38.5 Å². The molecule has 1 N–H and O–H groups in total. The van der Waals surface area contributed by atoms with Crippen molar-refractivity contribution in [1.29, 1.82) is 0 Å². The Balaban J connectivity index is 1.50. The highest BCUT2D eigenvalue weighted by atomic mass is 35.5. The van der Waals surface area contributed by atoms with Gasteiger partial charge in [-0.15, -0.1) is 8.78 Å². The van der Waals surface area contributed by atoms with Crippen LogP contribution in [0.3, 0.4) is 0 Å². The van der Waals surface area contributed by atoms with E-state index in [9.17, 15) is 31.5 Å². The molecule has 1 aliphatic heterocycles. The number of hydrogen-bond donors (Lipinski definition) is 1. The Morgan fingerprint density at radius 2 is 1.89 bits per heavy atom. The zero-order valence-corrected chi connectivity index (χ0v) is 19.9. The van der Waals surface area contributed by atoms with Crippen molar-refractivity contribution in [1.82, 2.24) is 19.7 Å². The summed E-state index contributed by atoms with van der Waals surface area (Å²) in [6.07, 6.45) is -7.31. The minimum absolute atomic E-state index is 0.0360. The highest BCUT2D eigenvalue weighted by Crippen LogP contribution is 2.43. The zero-order chi connectivity index (χ0) is 27.4. The minimum Gasteiger partial charge on any atom is -0.395 e. The third-order valence-electron chi connectivity index (χ3n) is 5.68. The van der Waals surface area contributed by atoms with Crippen LogP contribution in [0, 0.1) is 0 Å². The topological polar surface area (TPSA) is 102 Å². The number of nitrogens with one attached hydrogen (secondary N) is 1. The Morgan fingerprint density at radius 3 is 2.58 bits per heavy atom. The number of nitrogens with zero attached hydrogens (tertiary/aromatic N) is 4. The van der Waals surface area contributed by atoms with Gasteiger partial charge in [0, 0.05) is 23.9 Å². The van der Waals surface area contributed by atoms with E-state index in [4.69, 9.17) is 11.6 Å². The summed E-state index contributed by atoms with van der Waals surface area (Å²) >= 11 is 5.86. The first-order chi connectivity index (χ1) is 17.9. The van der Waals surface area contributed by atoms with Gasteiger partial charge in [0.1, 0.15) is 12.2 Å². The third-order valence-corrected chi connectivity index (χ3v) is 5.99. The first kappa shape index (κ1) is 25.4. The van der Waals surface area contributed by atoms with Crippen LogP contribution in [0.2, 0.25) is 5.02 Å². The molecular weight excluding hydrogens is 541 g/mol. The van der Waals surface area contributed by atoms with E-state index in [1.54, 1.807) is 6.92 Å². The Labute approximate surface area is 214 Å².